The highest BCUT2D eigenvalue weighted by atomic mass is 32.1. The maximum atomic E-state index is 16.9. The maximum Gasteiger partial charge on any atom is 0.407 e. The SMILES string of the molecule is COC(=O)N[C@H](C(=O)N1CCC[C@H]1c1ncc(-c2cc(F)c3c(c2)OC(c2ccc(C4CC4)s2)n2c-3cc3cc(-c4cnc([C@@H]5CCCN5C(=O)[C@@H](NC(=O)OC)C(C)C)[nH]4)ccc32)[nH]1)C(C)C.COC(=O)N[C@H](C(=O)N1CCC[C@H]1c1ncc(-c2cc(F)c3c(c2)OC(c2cccs2)n2c-3cc3cc(-c4cnc([C@@H]5CCCN5C(=O)[C@@H](NC(=O)OC)C(C)C)[nH]4)ccc32)[nH]1)C(C)C. The Balaban J connectivity index is 0.000000178. The number of imidazole rings is 4. The van der Waals surface area contributed by atoms with E-state index in [1.165, 1.54) is 58.3 Å². The lowest BCUT2D eigenvalue weighted by molar-refractivity contribution is -0.136. The highest BCUT2D eigenvalue weighted by Crippen LogP contribution is 2.53. The van der Waals surface area contributed by atoms with Crippen LogP contribution in [0.3, 0.4) is 0 Å². The first kappa shape index (κ1) is 90.2. The number of amides is 8. The molecule has 2 unspecified atom stereocenters. The van der Waals surface area contributed by atoms with E-state index in [4.69, 9.17) is 43.4 Å². The van der Waals surface area contributed by atoms with Crippen LogP contribution >= 0.6 is 22.7 Å². The zero-order valence-corrected chi connectivity index (χ0v) is 77.6. The predicted molar refractivity (Wildman–Crippen MR) is 495 cm³/mol. The summed E-state index contributed by atoms with van der Waals surface area (Å²) in [7, 11) is 5.09. The van der Waals surface area contributed by atoms with Gasteiger partial charge in [0.05, 0.1) is 143 Å². The van der Waals surface area contributed by atoms with Crippen LogP contribution in [0.1, 0.15) is 200 Å². The molecule has 0 spiro atoms. The van der Waals surface area contributed by atoms with Gasteiger partial charge < -0.3 is 89.2 Å². The van der Waals surface area contributed by atoms with Gasteiger partial charge in [0.2, 0.25) is 36.1 Å². The molecule has 8 N–H and O–H groups in total. The first-order valence-electron chi connectivity index (χ1n) is 45.4. The Morgan fingerprint density at radius 3 is 1.05 bits per heavy atom. The average Bonchev–Trinajstić information content (AvgIpc) is 1.57. The number of hydrogen-bond donors (Lipinski definition) is 8. The lowest BCUT2D eigenvalue weighted by atomic mass is 10.0. The summed E-state index contributed by atoms with van der Waals surface area (Å²) in [4.78, 5) is 146. The van der Waals surface area contributed by atoms with Gasteiger partial charge in [-0.05, 0) is 178 Å². The van der Waals surface area contributed by atoms with Crippen molar-refractivity contribution in [3.8, 4) is 79.0 Å². The molecular weight excluding hydrogens is 1740 g/mol. The number of H-pyrrole nitrogens is 4. The van der Waals surface area contributed by atoms with E-state index in [2.05, 4.69) is 69.0 Å². The summed E-state index contributed by atoms with van der Waals surface area (Å²) in [5.74, 6) is 1.46. The summed E-state index contributed by atoms with van der Waals surface area (Å²) in [6.45, 7) is 17.1. The second-order valence-corrected chi connectivity index (χ2v) is 38.5. The third kappa shape index (κ3) is 17.5. The Morgan fingerprint density at radius 2 is 0.737 bits per heavy atom. The van der Waals surface area contributed by atoms with Gasteiger partial charge in [0.1, 0.15) is 70.6 Å². The minimum atomic E-state index is -0.768. The molecule has 7 aliphatic rings. The van der Waals surface area contributed by atoms with Gasteiger partial charge in [-0.15, -0.1) is 22.7 Å². The molecule has 696 valence electrons. The van der Waals surface area contributed by atoms with Crippen molar-refractivity contribution >= 4 is 92.5 Å². The summed E-state index contributed by atoms with van der Waals surface area (Å²) >= 11 is 3.28. The van der Waals surface area contributed by atoms with Gasteiger partial charge in [-0.3, -0.25) is 28.3 Å². The number of fused-ring (bicyclic) bond motifs is 10. The topological polar surface area (TPSA) is 378 Å². The summed E-state index contributed by atoms with van der Waals surface area (Å²) in [6, 6.07) is 26.8. The number of aromatic nitrogens is 10. The fraction of sp³-hybridized carbons (Fsp3) is 0.423. The van der Waals surface area contributed by atoms with Crippen molar-refractivity contribution in [2.45, 2.75) is 186 Å². The van der Waals surface area contributed by atoms with Crippen molar-refractivity contribution in [3.05, 3.63) is 177 Å². The normalized spacial score (nSPS) is 19.4. The van der Waals surface area contributed by atoms with Crippen LogP contribution in [0.4, 0.5) is 28.0 Å². The molecule has 1 aliphatic carbocycles. The van der Waals surface area contributed by atoms with Crippen molar-refractivity contribution in [2.24, 2.45) is 23.7 Å². The predicted octanol–water partition coefficient (Wildman–Crippen LogP) is 17.5. The van der Waals surface area contributed by atoms with Crippen molar-refractivity contribution in [1.82, 2.24) is 89.9 Å². The van der Waals surface area contributed by atoms with Gasteiger partial charge in [-0.2, -0.15) is 0 Å². The minimum Gasteiger partial charge on any atom is -0.464 e. The van der Waals surface area contributed by atoms with E-state index in [0.29, 0.717) is 125 Å². The number of thiophene rings is 2. The van der Waals surface area contributed by atoms with Crippen LogP contribution in [-0.2, 0) is 38.1 Å². The van der Waals surface area contributed by atoms with E-state index in [1.807, 2.05) is 132 Å². The number of nitrogens with one attached hydrogen (secondary N) is 8. The number of benzene rings is 4. The number of aromatic amines is 4. The number of carbonyl (C=O) groups excluding carboxylic acids is 8. The summed E-state index contributed by atoms with van der Waals surface area (Å²) < 4.78 is 70.6. The molecule has 10 atom stereocenters. The van der Waals surface area contributed by atoms with Crippen molar-refractivity contribution in [3.63, 3.8) is 0 Å². The van der Waals surface area contributed by atoms with Crippen LogP contribution < -0.4 is 30.7 Å². The Kier molecular flexibility index (Phi) is 25.3. The van der Waals surface area contributed by atoms with E-state index in [9.17, 15) is 38.4 Å². The summed E-state index contributed by atoms with van der Waals surface area (Å²) in [6.07, 6.45) is 11.3. The molecule has 5 fully saturated rings. The van der Waals surface area contributed by atoms with E-state index < -0.39 is 72.6 Å². The fourth-order valence-corrected chi connectivity index (χ4v) is 21.4. The smallest absolute Gasteiger partial charge is 0.407 e. The molecule has 4 saturated heterocycles. The van der Waals surface area contributed by atoms with Crippen molar-refractivity contribution < 1.29 is 75.6 Å². The van der Waals surface area contributed by atoms with Gasteiger partial charge in [0.25, 0.3) is 0 Å². The Morgan fingerprint density at radius 1 is 0.406 bits per heavy atom. The molecule has 4 aromatic carbocycles. The highest BCUT2D eigenvalue weighted by molar-refractivity contribution is 7.12. The third-order valence-electron chi connectivity index (χ3n) is 26.5. The Hall–Kier alpha value is -13.4. The van der Waals surface area contributed by atoms with Gasteiger partial charge in [-0.25, -0.2) is 47.9 Å². The summed E-state index contributed by atoms with van der Waals surface area (Å²) in [5, 5.41) is 14.5. The maximum absolute atomic E-state index is 16.9. The molecule has 8 aromatic heterocycles. The van der Waals surface area contributed by atoms with Crippen LogP contribution in [0, 0.1) is 35.3 Å². The van der Waals surface area contributed by atoms with E-state index in [-0.39, 0.29) is 71.5 Å². The fourth-order valence-electron chi connectivity index (χ4n) is 19.5. The van der Waals surface area contributed by atoms with Gasteiger partial charge in [0, 0.05) is 64.1 Å². The number of methoxy groups -OCH3 is 4. The number of alkyl carbamates (subject to hydrolysis) is 4. The van der Waals surface area contributed by atoms with E-state index >= 15 is 8.78 Å². The number of hydrogen-bond acceptors (Lipinski definition) is 20. The molecule has 1 saturated carbocycles. The number of ether oxygens (including phenoxy) is 6. The standard InChI is InChI=1S/C50H56FN9O7S.C47H52FN9O7S/c1-25(2)42(56-49(63)65-5)46(61)58-17-7-9-35(58)44-52-23-32(54-44)28-13-14-34-30(19-28)21-37-41-31(51)20-29(22-38(41)67-48(60(34)37)40-16-15-39(68-40)27-11-12-27)33-24-53-45(55-33)36-10-8-18-59(36)47(62)43(26(3)4)57-50(64)66-6;1-24(2)39(53-46(60)62-5)43(58)55-15-7-10-33(55)41-49-22-30(51-41)26-13-14-32-28(18-26)20-35-38-29(48)19-27(21-36(38)64-45(57(32)35)37-12-9-17-65-37)31-23-50-42(52-31)34-11-8-16-56(34)44(59)40(25(3)4)54-47(61)63-6/h13-16,19-27,35-36,42-43,48H,7-12,17-18H2,1-6H3,(H,52,54)(H,53,55)(H,56,63)(H,57,64);9,12-14,17-25,33-34,39-40,45H,7-8,10-11,15-16H2,1-6H3,(H,49,51)(H,50,52)(H,53,60)(H,54,61)/t35-,36-,42-,43-,48?;33-,34-,39-,40-,45?/m00/s1. The van der Waals surface area contributed by atoms with Crippen LogP contribution in [0.5, 0.6) is 11.5 Å². The molecule has 14 heterocycles. The average molecular weight is 1850 g/mol. The molecule has 19 rings (SSSR count). The number of nitrogens with zero attached hydrogens (tertiary/aromatic N) is 10. The highest BCUT2D eigenvalue weighted by Gasteiger charge is 2.45. The van der Waals surface area contributed by atoms with Crippen LogP contribution in [0.15, 0.2) is 127 Å². The molecule has 0 bridgehead atoms. The monoisotopic (exact) mass is 1850 g/mol. The van der Waals surface area contributed by atoms with Gasteiger partial charge in [-0.1, -0.05) is 73.6 Å². The molecule has 8 amide bonds. The lowest BCUT2D eigenvalue weighted by Gasteiger charge is -2.30. The zero-order valence-electron chi connectivity index (χ0n) is 75.9. The van der Waals surface area contributed by atoms with Gasteiger partial charge in [0.15, 0.2) is 0 Å². The second-order valence-electron chi connectivity index (χ2n) is 36.4. The molecule has 12 aromatic rings. The van der Waals surface area contributed by atoms with E-state index in [0.717, 1.165) is 92.6 Å². The van der Waals surface area contributed by atoms with Crippen LogP contribution in [0.25, 0.3) is 89.4 Å². The van der Waals surface area contributed by atoms with Crippen molar-refractivity contribution in [1.29, 1.82) is 0 Å². The number of carbonyl (C=O) groups is 8. The van der Waals surface area contributed by atoms with Crippen LogP contribution in [0.2, 0.25) is 0 Å². The van der Waals surface area contributed by atoms with Gasteiger partial charge >= 0.3 is 24.4 Å². The largest absolute Gasteiger partial charge is 0.464 e. The number of rotatable bonds is 23. The minimum absolute atomic E-state index is 0.149. The zero-order chi connectivity index (χ0) is 93.2. The number of likely N-dealkylation sites (tertiary alicyclic amines) is 4. The first-order valence-corrected chi connectivity index (χ1v) is 47.1. The molecule has 36 heteroatoms. The molecule has 0 radical (unpaired) electrons. The number of halogens is 2. The Labute approximate surface area is 774 Å². The molecule has 32 nitrogen and oxygen atoms in total. The second kappa shape index (κ2) is 37.3. The Bertz CT molecular complexity index is 6440. The summed E-state index contributed by atoms with van der Waals surface area (Å²) in [5.41, 5.74) is 9.30. The first-order chi connectivity index (χ1) is 64.1. The quantitative estimate of drug-likeness (QED) is 0.0276. The lowest BCUT2D eigenvalue weighted by Crippen LogP contribution is -2.51. The molecular formula is C97H108F2N18O14S2. The van der Waals surface area contributed by atoms with Crippen LogP contribution in [-0.4, -0.2) is 195 Å². The molecule has 6 aliphatic heterocycles. The van der Waals surface area contributed by atoms with Crippen molar-refractivity contribution in [2.75, 3.05) is 54.6 Å². The van der Waals surface area contributed by atoms with E-state index in [1.54, 1.807) is 67.1 Å². The molecule has 133 heavy (non-hydrogen) atoms. The third-order valence-corrected chi connectivity index (χ3v) is 28.7.